The van der Waals surface area contributed by atoms with Crippen molar-refractivity contribution in [1.82, 2.24) is 4.90 Å². The third-order valence-electron chi connectivity index (χ3n) is 4.05. The molecule has 0 aliphatic heterocycles. The van der Waals surface area contributed by atoms with Crippen molar-refractivity contribution in [2.24, 2.45) is 17.6 Å². The van der Waals surface area contributed by atoms with Crippen LogP contribution in [-0.2, 0) is 4.74 Å². The quantitative estimate of drug-likeness (QED) is 0.752. The maximum atomic E-state index is 5.86. The first-order valence-corrected chi connectivity index (χ1v) is 6.58. The van der Waals surface area contributed by atoms with Gasteiger partial charge in [0.1, 0.15) is 0 Å². The maximum absolute atomic E-state index is 5.86. The second-order valence-electron chi connectivity index (χ2n) is 5.28. The Morgan fingerprint density at radius 3 is 2.50 bits per heavy atom. The summed E-state index contributed by atoms with van der Waals surface area (Å²) in [6.45, 7) is 5.07. The summed E-state index contributed by atoms with van der Waals surface area (Å²) in [5.41, 5.74) is 5.86. The molecule has 0 aromatic heterocycles. The fraction of sp³-hybridized carbons (Fsp3) is 1.00. The van der Waals surface area contributed by atoms with Crippen molar-refractivity contribution < 1.29 is 4.74 Å². The monoisotopic (exact) mass is 228 g/mol. The molecule has 3 heteroatoms. The normalized spacial score (nSPS) is 28.3. The summed E-state index contributed by atoms with van der Waals surface area (Å²) in [6, 6.07) is 0.505. The summed E-state index contributed by atoms with van der Waals surface area (Å²) in [4.78, 5) is 2.42. The number of likely N-dealkylation sites (N-methyl/N-ethyl adjacent to an activating group) is 1. The van der Waals surface area contributed by atoms with E-state index >= 15 is 0 Å². The lowest BCUT2D eigenvalue weighted by Gasteiger charge is -2.35. The molecule has 0 bridgehead atoms. The van der Waals surface area contributed by atoms with E-state index in [1.54, 1.807) is 7.11 Å². The minimum absolute atomic E-state index is 0.505. The molecule has 96 valence electrons. The average molecular weight is 228 g/mol. The molecular formula is C13H28N2O. The van der Waals surface area contributed by atoms with Crippen molar-refractivity contribution in [3.05, 3.63) is 0 Å². The van der Waals surface area contributed by atoms with Gasteiger partial charge in [-0.2, -0.15) is 0 Å². The smallest absolute Gasteiger partial charge is 0.0615 e. The second kappa shape index (κ2) is 7.25. The first-order chi connectivity index (χ1) is 7.69. The molecule has 16 heavy (non-hydrogen) atoms. The van der Waals surface area contributed by atoms with E-state index in [1.165, 1.54) is 32.2 Å². The van der Waals surface area contributed by atoms with Crippen LogP contribution in [0.4, 0.5) is 0 Å². The Kier molecular flexibility index (Phi) is 6.32. The summed E-state index contributed by atoms with van der Waals surface area (Å²) < 4.78 is 5.20. The summed E-state index contributed by atoms with van der Waals surface area (Å²) >= 11 is 0. The Morgan fingerprint density at radius 1 is 1.31 bits per heavy atom. The van der Waals surface area contributed by atoms with Crippen molar-refractivity contribution >= 4 is 0 Å². The van der Waals surface area contributed by atoms with Crippen LogP contribution in [0.25, 0.3) is 0 Å². The van der Waals surface area contributed by atoms with E-state index in [-0.39, 0.29) is 0 Å². The van der Waals surface area contributed by atoms with Gasteiger partial charge in [-0.1, -0.05) is 12.8 Å². The predicted octanol–water partition coefficient (Wildman–Crippen LogP) is 1.72. The molecule has 1 rings (SSSR count). The molecule has 1 aliphatic carbocycles. The van der Waals surface area contributed by atoms with Gasteiger partial charge in [-0.3, -0.25) is 0 Å². The van der Waals surface area contributed by atoms with Crippen LogP contribution in [-0.4, -0.2) is 44.8 Å². The molecule has 0 radical (unpaired) electrons. The molecule has 0 saturated heterocycles. The largest absolute Gasteiger partial charge is 0.383 e. The minimum Gasteiger partial charge on any atom is -0.383 e. The van der Waals surface area contributed by atoms with Gasteiger partial charge in [0.05, 0.1) is 6.61 Å². The third-order valence-corrected chi connectivity index (χ3v) is 4.05. The van der Waals surface area contributed by atoms with Crippen molar-refractivity contribution in [3.63, 3.8) is 0 Å². The van der Waals surface area contributed by atoms with Crippen LogP contribution in [0, 0.1) is 11.8 Å². The van der Waals surface area contributed by atoms with Gasteiger partial charge in [-0.05, 0) is 45.2 Å². The van der Waals surface area contributed by atoms with Crippen LogP contribution >= 0.6 is 0 Å². The van der Waals surface area contributed by atoms with E-state index in [2.05, 4.69) is 18.9 Å². The highest BCUT2D eigenvalue weighted by Crippen LogP contribution is 2.30. The number of hydrogen-bond acceptors (Lipinski definition) is 3. The molecule has 1 fully saturated rings. The number of nitrogens with two attached hydrogens (primary N) is 1. The zero-order valence-electron chi connectivity index (χ0n) is 11.1. The predicted molar refractivity (Wildman–Crippen MR) is 68.5 cm³/mol. The fourth-order valence-corrected chi connectivity index (χ4v) is 2.75. The van der Waals surface area contributed by atoms with Gasteiger partial charge >= 0.3 is 0 Å². The Bertz CT molecular complexity index is 187. The number of methoxy groups -OCH3 is 1. The van der Waals surface area contributed by atoms with E-state index in [4.69, 9.17) is 10.5 Å². The Morgan fingerprint density at radius 2 is 1.94 bits per heavy atom. The van der Waals surface area contributed by atoms with E-state index < -0.39 is 0 Å². The second-order valence-corrected chi connectivity index (χ2v) is 5.28. The van der Waals surface area contributed by atoms with Crippen molar-refractivity contribution in [2.45, 2.75) is 38.6 Å². The number of ether oxygens (including phenoxy) is 1. The van der Waals surface area contributed by atoms with Crippen LogP contribution < -0.4 is 5.73 Å². The van der Waals surface area contributed by atoms with Gasteiger partial charge in [0.25, 0.3) is 0 Å². The van der Waals surface area contributed by atoms with Gasteiger partial charge in [-0.25, -0.2) is 0 Å². The Hall–Kier alpha value is -0.120. The van der Waals surface area contributed by atoms with Crippen molar-refractivity contribution in [2.75, 3.05) is 33.9 Å². The van der Waals surface area contributed by atoms with Gasteiger partial charge < -0.3 is 15.4 Å². The lowest BCUT2D eigenvalue weighted by atomic mass is 9.79. The van der Waals surface area contributed by atoms with Gasteiger partial charge in [0, 0.05) is 19.7 Å². The SMILES string of the molecule is COCC(C)N(C)CC1CCCCC1CN. The average Bonchev–Trinajstić information content (AvgIpc) is 2.30. The van der Waals surface area contributed by atoms with Crippen LogP contribution in [0.2, 0.25) is 0 Å². The fourth-order valence-electron chi connectivity index (χ4n) is 2.75. The lowest BCUT2D eigenvalue weighted by Crippen LogP contribution is -2.40. The van der Waals surface area contributed by atoms with E-state index in [9.17, 15) is 0 Å². The topological polar surface area (TPSA) is 38.5 Å². The Labute approximate surface area is 100 Å². The molecule has 0 heterocycles. The molecule has 3 atom stereocenters. The molecular weight excluding hydrogens is 200 g/mol. The highest BCUT2D eigenvalue weighted by molar-refractivity contribution is 4.79. The Balaban J connectivity index is 2.38. The molecule has 3 nitrogen and oxygen atoms in total. The van der Waals surface area contributed by atoms with Crippen LogP contribution in [0.3, 0.4) is 0 Å². The van der Waals surface area contributed by atoms with Crippen molar-refractivity contribution in [3.8, 4) is 0 Å². The molecule has 3 unspecified atom stereocenters. The number of hydrogen-bond donors (Lipinski definition) is 1. The van der Waals surface area contributed by atoms with Crippen molar-refractivity contribution in [1.29, 1.82) is 0 Å². The highest BCUT2D eigenvalue weighted by Gasteiger charge is 2.25. The summed E-state index contributed by atoms with van der Waals surface area (Å²) in [5, 5.41) is 0. The highest BCUT2D eigenvalue weighted by atomic mass is 16.5. The van der Waals surface area contributed by atoms with E-state index in [0.29, 0.717) is 6.04 Å². The molecule has 0 aromatic rings. The van der Waals surface area contributed by atoms with Crippen LogP contribution in [0.15, 0.2) is 0 Å². The zero-order valence-corrected chi connectivity index (χ0v) is 11.1. The van der Waals surface area contributed by atoms with Crippen LogP contribution in [0.1, 0.15) is 32.6 Å². The molecule has 0 spiro atoms. The molecule has 0 amide bonds. The maximum Gasteiger partial charge on any atom is 0.0615 e. The van der Waals surface area contributed by atoms with Gasteiger partial charge in [0.2, 0.25) is 0 Å². The standard InChI is InChI=1S/C13H28N2O/c1-11(10-16-3)15(2)9-13-7-5-4-6-12(13)8-14/h11-13H,4-10,14H2,1-3H3. The number of rotatable bonds is 6. The van der Waals surface area contributed by atoms with Crippen LogP contribution in [0.5, 0.6) is 0 Å². The minimum atomic E-state index is 0.505. The molecule has 2 N–H and O–H groups in total. The number of nitrogens with zero attached hydrogens (tertiary/aromatic N) is 1. The zero-order chi connectivity index (χ0) is 12.0. The summed E-state index contributed by atoms with van der Waals surface area (Å²) in [7, 11) is 3.97. The summed E-state index contributed by atoms with van der Waals surface area (Å²) in [5.74, 6) is 1.54. The van der Waals surface area contributed by atoms with E-state index in [0.717, 1.165) is 25.0 Å². The first kappa shape index (κ1) is 13.9. The molecule has 1 aliphatic rings. The molecule has 0 aromatic carbocycles. The lowest BCUT2D eigenvalue weighted by molar-refractivity contribution is 0.0879. The third kappa shape index (κ3) is 4.04. The van der Waals surface area contributed by atoms with E-state index in [1.807, 2.05) is 0 Å². The van der Waals surface area contributed by atoms with Gasteiger partial charge in [-0.15, -0.1) is 0 Å². The van der Waals surface area contributed by atoms with Gasteiger partial charge in [0.15, 0.2) is 0 Å². The summed E-state index contributed by atoms with van der Waals surface area (Å²) in [6.07, 6.45) is 5.43. The molecule has 1 saturated carbocycles. The first-order valence-electron chi connectivity index (χ1n) is 6.58.